The van der Waals surface area contributed by atoms with Crippen LogP contribution in [0.25, 0.3) is 10.9 Å². The second kappa shape index (κ2) is 9.16. The first-order valence-electron chi connectivity index (χ1n) is 10.7. The van der Waals surface area contributed by atoms with Crippen LogP contribution in [0.4, 0.5) is 5.00 Å². The second-order valence-electron chi connectivity index (χ2n) is 7.79. The number of aryl methyl sites for hydroxylation is 2. The lowest BCUT2D eigenvalue weighted by Crippen LogP contribution is -2.28. The van der Waals surface area contributed by atoms with Gasteiger partial charge in [-0.25, -0.2) is 4.79 Å². The summed E-state index contributed by atoms with van der Waals surface area (Å²) in [7, 11) is 1.54. The number of nitrogens with one attached hydrogen (secondary N) is 1. The number of nitrogens with zero attached hydrogens (tertiary/aromatic N) is 1. The number of amides is 1. The average molecular weight is 455 g/mol. The number of carbonyl (C=O) groups excluding carboxylic acids is 2. The van der Waals surface area contributed by atoms with Crippen LogP contribution in [0.2, 0.25) is 0 Å². The molecule has 0 unspecified atom stereocenters. The number of benzene rings is 1. The van der Waals surface area contributed by atoms with E-state index in [1.807, 2.05) is 19.1 Å². The Morgan fingerprint density at radius 1 is 1.22 bits per heavy atom. The third kappa shape index (κ3) is 4.02. The van der Waals surface area contributed by atoms with Crippen molar-refractivity contribution in [3.05, 3.63) is 56.2 Å². The minimum absolute atomic E-state index is 0.194. The lowest BCUT2D eigenvalue weighted by Gasteiger charge is -2.15. The Bertz CT molecular complexity index is 1260. The van der Waals surface area contributed by atoms with Gasteiger partial charge in [-0.3, -0.25) is 14.2 Å². The van der Waals surface area contributed by atoms with Crippen LogP contribution in [0.15, 0.2) is 29.1 Å². The lowest BCUT2D eigenvalue weighted by molar-refractivity contribution is -0.116. The molecule has 0 aliphatic heterocycles. The molecule has 2 aromatic heterocycles. The van der Waals surface area contributed by atoms with Gasteiger partial charge in [0.25, 0.3) is 5.56 Å². The Hall–Kier alpha value is -3.13. The number of methoxy groups -OCH3 is 1. The van der Waals surface area contributed by atoms with Gasteiger partial charge in [-0.2, -0.15) is 0 Å². The van der Waals surface area contributed by atoms with Gasteiger partial charge in [0.2, 0.25) is 5.91 Å². The van der Waals surface area contributed by atoms with Crippen LogP contribution in [0.5, 0.6) is 5.75 Å². The molecule has 1 amide bonds. The van der Waals surface area contributed by atoms with Gasteiger partial charge in [-0.05, 0) is 56.7 Å². The number of pyridine rings is 1. The molecule has 0 radical (unpaired) electrons. The predicted octanol–water partition coefficient (Wildman–Crippen LogP) is 4.07. The fourth-order valence-electron chi connectivity index (χ4n) is 4.27. The summed E-state index contributed by atoms with van der Waals surface area (Å²) in [5.41, 5.74) is 2.54. The van der Waals surface area contributed by atoms with E-state index in [2.05, 4.69) is 5.32 Å². The van der Waals surface area contributed by atoms with Crippen molar-refractivity contribution in [1.29, 1.82) is 0 Å². The van der Waals surface area contributed by atoms with E-state index in [-0.39, 0.29) is 24.6 Å². The minimum atomic E-state index is -0.415. The van der Waals surface area contributed by atoms with Gasteiger partial charge in [0.15, 0.2) is 0 Å². The molecule has 0 bridgehead atoms. The molecular weight excluding hydrogens is 428 g/mol. The van der Waals surface area contributed by atoms with Gasteiger partial charge in [0, 0.05) is 16.3 Å². The van der Waals surface area contributed by atoms with Gasteiger partial charge in [0.1, 0.15) is 17.3 Å². The summed E-state index contributed by atoms with van der Waals surface area (Å²) in [5, 5.41) is 4.22. The summed E-state index contributed by atoms with van der Waals surface area (Å²) in [6.45, 7) is 3.69. The van der Waals surface area contributed by atoms with Crippen LogP contribution < -0.4 is 15.6 Å². The zero-order valence-electron chi connectivity index (χ0n) is 18.4. The van der Waals surface area contributed by atoms with Crippen molar-refractivity contribution in [2.75, 3.05) is 19.0 Å². The fraction of sp³-hybridized carbons (Fsp3) is 0.375. The number of para-hydroxylation sites is 1. The van der Waals surface area contributed by atoms with E-state index in [1.54, 1.807) is 13.0 Å². The van der Waals surface area contributed by atoms with E-state index < -0.39 is 5.97 Å². The third-order valence-corrected chi connectivity index (χ3v) is 6.93. The van der Waals surface area contributed by atoms with Crippen molar-refractivity contribution in [3.8, 4) is 5.75 Å². The van der Waals surface area contributed by atoms with Crippen LogP contribution in [0, 0.1) is 6.92 Å². The maximum atomic E-state index is 13.1. The Labute approximate surface area is 190 Å². The molecular formula is C24H26N2O5S. The zero-order chi connectivity index (χ0) is 22.8. The lowest BCUT2D eigenvalue weighted by atomic mass is 9.95. The van der Waals surface area contributed by atoms with Gasteiger partial charge < -0.3 is 14.8 Å². The molecule has 8 heteroatoms. The summed E-state index contributed by atoms with van der Waals surface area (Å²) in [6, 6.07) is 7.03. The Morgan fingerprint density at radius 3 is 2.75 bits per heavy atom. The van der Waals surface area contributed by atoms with Crippen LogP contribution >= 0.6 is 11.3 Å². The van der Waals surface area contributed by atoms with Crippen molar-refractivity contribution in [2.45, 2.75) is 46.1 Å². The van der Waals surface area contributed by atoms with Crippen LogP contribution in [0.3, 0.4) is 0 Å². The Morgan fingerprint density at radius 2 is 2.00 bits per heavy atom. The predicted molar refractivity (Wildman–Crippen MR) is 125 cm³/mol. The van der Waals surface area contributed by atoms with E-state index in [9.17, 15) is 14.4 Å². The van der Waals surface area contributed by atoms with Crippen molar-refractivity contribution in [2.24, 2.45) is 0 Å². The number of carbonyl (C=O) groups is 2. The smallest absolute Gasteiger partial charge is 0.341 e. The summed E-state index contributed by atoms with van der Waals surface area (Å²) in [6.07, 6.45) is 3.76. The van der Waals surface area contributed by atoms with E-state index in [1.165, 1.54) is 29.1 Å². The molecule has 0 fully saturated rings. The molecule has 0 atom stereocenters. The molecule has 32 heavy (non-hydrogen) atoms. The highest BCUT2D eigenvalue weighted by Gasteiger charge is 2.27. The summed E-state index contributed by atoms with van der Waals surface area (Å²) in [5.74, 6) is -0.274. The minimum Gasteiger partial charge on any atom is -0.495 e. The van der Waals surface area contributed by atoms with Crippen LogP contribution in [0.1, 0.15) is 46.1 Å². The highest BCUT2D eigenvalue weighted by Crippen LogP contribution is 2.38. The van der Waals surface area contributed by atoms with E-state index >= 15 is 0 Å². The van der Waals surface area contributed by atoms with Crippen LogP contribution in [-0.2, 0) is 28.9 Å². The van der Waals surface area contributed by atoms with Gasteiger partial charge >= 0.3 is 5.97 Å². The monoisotopic (exact) mass is 454 g/mol. The third-order valence-electron chi connectivity index (χ3n) is 5.73. The summed E-state index contributed by atoms with van der Waals surface area (Å²) < 4.78 is 12.1. The van der Waals surface area contributed by atoms with E-state index in [0.29, 0.717) is 21.8 Å². The maximum Gasteiger partial charge on any atom is 0.341 e. The Kier molecular flexibility index (Phi) is 6.32. The molecule has 1 N–H and O–H groups in total. The maximum absolute atomic E-state index is 13.1. The number of anilines is 1. The number of hydrogen-bond acceptors (Lipinski definition) is 6. The summed E-state index contributed by atoms with van der Waals surface area (Å²) >= 11 is 1.43. The first-order valence-corrected chi connectivity index (χ1v) is 11.5. The highest BCUT2D eigenvalue weighted by atomic mass is 32.1. The topological polar surface area (TPSA) is 86.6 Å². The molecule has 0 saturated heterocycles. The van der Waals surface area contributed by atoms with Crippen molar-refractivity contribution in [3.63, 3.8) is 0 Å². The number of esters is 1. The van der Waals surface area contributed by atoms with Gasteiger partial charge in [-0.1, -0.05) is 12.1 Å². The molecule has 1 aliphatic rings. The average Bonchev–Trinajstić information content (AvgIpc) is 3.14. The SMILES string of the molecule is CCOC(=O)c1c(NC(=O)Cn2c(=O)cc(C)c3cccc(OC)c32)sc2c1CCCC2. The van der Waals surface area contributed by atoms with Crippen LogP contribution in [-0.4, -0.2) is 30.2 Å². The quantitative estimate of drug-likeness (QED) is 0.568. The number of fused-ring (bicyclic) bond motifs is 2. The normalized spacial score (nSPS) is 13.0. The molecule has 1 aliphatic carbocycles. The first-order chi connectivity index (χ1) is 15.4. The van der Waals surface area contributed by atoms with Crippen molar-refractivity contribution in [1.82, 2.24) is 4.57 Å². The number of rotatable bonds is 6. The summed E-state index contributed by atoms with van der Waals surface area (Å²) in [4.78, 5) is 39.6. The molecule has 4 rings (SSSR count). The number of ether oxygens (including phenoxy) is 2. The molecule has 168 valence electrons. The molecule has 3 aromatic rings. The molecule has 7 nitrogen and oxygen atoms in total. The zero-order valence-corrected chi connectivity index (χ0v) is 19.3. The molecule has 1 aromatic carbocycles. The van der Waals surface area contributed by atoms with Crippen molar-refractivity contribution < 1.29 is 19.1 Å². The second-order valence-corrected chi connectivity index (χ2v) is 8.90. The fourth-order valence-corrected chi connectivity index (χ4v) is 5.57. The standard InChI is InChI=1S/C24H26N2O5S/c1-4-31-24(29)21-16-8-5-6-11-18(16)32-23(21)25-19(27)13-26-20(28)12-14(2)15-9-7-10-17(30-3)22(15)26/h7,9-10,12H,4-6,8,11,13H2,1-3H3,(H,25,27). The highest BCUT2D eigenvalue weighted by molar-refractivity contribution is 7.17. The largest absolute Gasteiger partial charge is 0.495 e. The number of aromatic nitrogens is 1. The number of thiophene rings is 1. The van der Waals surface area contributed by atoms with E-state index in [0.717, 1.165) is 47.1 Å². The molecule has 0 saturated carbocycles. The number of hydrogen-bond donors (Lipinski definition) is 1. The van der Waals surface area contributed by atoms with E-state index in [4.69, 9.17) is 9.47 Å². The molecule has 2 heterocycles. The van der Waals surface area contributed by atoms with Crippen molar-refractivity contribution >= 4 is 39.1 Å². The first kappa shape index (κ1) is 22.1. The Balaban J connectivity index is 1.70. The van der Waals surface area contributed by atoms with Gasteiger partial charge in [0.05, 0.1) is 24.8 Å². The molecule has 0 spiro atoms. The van der Waals surface area contributed by atoms with Gasteiger partial charge in [-0.15, -0.1) is 11.3 Å².